The van der Waals surface area contributed by atoms with Crippen LogP contribution in [0.15, 0.2) is 12.2 Å². The summed E-state index contributed by atoms with van der Waals surface area (Å²) in [7, 11) is 0. The maximum atomic E-state index is 11.3. The number of carboxylic acid groups (broad SMARTS) is 1. The molecule has 1 heterocycles. The predicted molar refractivity (Wildman–Crippen MR) is 104 cm³/mol. The number of imide groups is 1. The first-order valence-electron chi connectivity index (χ1n) is 9.83. The lowest BCUT2D eigenvalue weighted by atomic mass is 10.3. The summed E-state index contributed by atoms with van der Waals surface area (Å²) >= 11 is 0. The smallest absolute Gasteiger partial charge is 0.303 e. The highest BCUT2D eigenvalue weighted by molar-refractivity contribution is 6.12. The number of carbonyl (C=O) groups is 4. The molecule has 11 nitrogen and oxygen atoms in total. The van der Waals surface area contributed by atoms with Crippen LogP contribution in [0.1, 0.15) is 19.3 Å². The van der Waals surface area contributed by atoms with E-state index in [1.807, 2.05) is 0 Å². The number of carboxylic acids is 1. The molecule has 0 saturated carbocycles. The van der Waals surface area contributed by atoms with E-state index < -0.39 is 5.97 Å². The Kier molecular flexibility index (Phi) is 14.1. The molecule has 2 N–H and O–H groups in total. The normalized spacial score (nSPS) is 13.3. The molecular formula is C19H30N2O9. The van der Waals surface area contributed by atoms with Crippen molar-refractivity contribution >= 4 is 23.7 Å². The van der Waals surface area contributed by atoms with Gasteiger partial charge >= 0.3 is 5.97 Å². The topological polar surface area (TPSA) is 141 Å². The maximum Gasteiger partial charge on any atom is 0.303 e. The molecule has 170 valence electrons. The minimum Gasteiger partial charge on any atom is -0.481 e. The lowest BCUT2D eigenvalue weighted by molar-refractivity contribution is -0.139. The van der Waals surface area contributed by atoms with Crippen LogP contribution in [-0.4, -0.2) is 99.6 Å². The first-order valence-corrected chi connectivity index (χ1v) is 9.83. The Bertz CT molecular complexity index is 562. The third-order valence-electron chi connectivity index (χ3n) is 3.83. The molecule has 0 aromatic rings. The van der Waals surface area contributed by atoms with Gasteiger partial charge in [0.2, 0.25) is 5.91 Å². The summed E-state index contributed by atoms with van der Waals surface area (Å²) in [4.78, 5) is 45.4. The molecule has 3 amide bonds. The first-order chi connectivity index (χ1) is 14.5. The molecule has 0 aromatic carbocycles. The molecule has 0 bridgehead atoms. The Hall–Kier alpha value is -2.34. The average Bonchev–Trinajstić information content (AvgIpc) is 3.03. The Morgan fingerprint density at radius 3 is 1.83 bits per heavy atom. The fraction of sp³-hybridized carbons (Fsp3) is 0.684. The molecule has 11 heteroatoms. The third-order valence-corrected chi connectivity index (χ3v) is 3.83. The van der Waals surface area contributed by atoms with E-state index in [9.17, 15) is 19.2 Å². The number of ether oxygens (including phenoxy) is 4. The summed E-state index contributed by atoms with van der Waals surface area (Å²) in [6.45, 7) is 3.85. The van der Waals surface area contributed by atoms with Gasteiger partial charge in [-0.3, -0.25) is 24.1 Å². The molecule has 0 saturated heterocycles. The summed E-state index contributed by atoms with van der Waals surface area (Å²) in [6, 6.07) is 0. The molecule has 1 aliphatic heterocycles. The van der Waals surface area contributed by atoms with Crippen LogP contribution in [0.4, 0.5) is 0 Å². The van der Waals surface area contributed by atoms with Crippen molar-refractivity contribution in [3.8, 4) is 0 Å². The lowest BCUT2D eigenvalue weighted by Gasteiger charge is -2.13. The number of nitrogens with zero attached hydrogens (tertiary/aromatic N) is 1. The molecule has 0 aromatic heterocycles. The Morgan fingerprint density at radius 1 is 0.800 bits per heavy atom. The largest absolute Gasteiger partial charge is 0.481 e. The number of aliphatic carboxylic acids is 1. The van der Waals surface area contributed by atoms with Crippen molar-refractivity contribution in [3.63, 3.8) is 0 Å². The summed E-state index contributed by atoms with van der Waals surface area (Å²) in [5.74, 6) is -1.91. The van der Waals surface area contributed by atoms with Gasteiger partial charge in [-0.15, -0.1) is 0 Å². The van der Waals surface area contributed by atoms with Crippen LogP contribution >= 0.6 is 0 Å². The van der Waals surface area contributed by atoms with Crippen LogP contribution in [-0.2, 0) is 38.1 Å². The van der Waals surface area contributed by atoms with Crippen molar-refractivity contribution in [2.45, 2.75) is 19.3 Å². The van der Waals surface area contributed by atoms with E-state index in [0.29, 0.717) is 59.2 Å². The maximum absolute atomic E-state index is 11.3. The second-order valence-corrected chi connectivity index (χ2v) is 6.21. The number of nitrogens with one attached hydrogen (secondary N) is 1. The highest BCUT2D eigenvalue weighted by Gasteiger charge is 2.22. The summed E-state index contributed by atoms with van der Waals surface area (Å²) < 4.78 is 21.4. The van der Waals surface area contributed by atoms with Gasteiger partial charge in [-0.2, -0.15) is 0 Å². The summed E-state index contributed by atoms with van der Waals surface area (Å²) in [6.07, 6.45) is 2.93. The standard InChI is InChI=1S/C19H30N2O9/c22-16(2-5-19(25)26)20-6-1-8-27-10-12-29-14-15-30-13-11-28-9-7-21-17(23)3-4-18(21)24/h3-4H,1-2,5-15H2,(H,20,22)(H,25,26). The van der Waals surface area contributed by atoms with Crippen molar-refractivity contribution < 1.29 is 43.2 Å². The van der Waals surface area contributed by atoms with Gasteiger partial charge in [0, 0.05) is 31.7 Å². The van der Waals surface area contributed by atoms with E-state index in [1.54, 1.807) is 0 Å². The van der Waals surface area contributed by atoms with Crippen molar-refractivity contribution in [1.82, 2.24) is 10.2 Å². The second kappa shape index (κ2) is 16.5. The number of rotatable bonds is 19. The highest BCUT2D eigenvalue weighted by atomic mass is 16.6. The molecule has 0 aliphatic carbocycles. The quantitative estimate of drug-likeness (QED) is 0.202. The van der Waals surface area contributed by atoms with Crippen LogP contribution in [0.2, 0.25) is 0 Å². The summed E-state index contributed by atoms with van der Waals surface area (Å²) in [5, 5.41) is 11.1. The van der Waals surface area contributed by atoms with Gasteiger partial charge in [-0.1, -0.05) is 0 Å². The molecular weight excluding hydrogens is 400 g/mol. The monoisotopic (exact) mass is 430 g/mol. The van der Waals surface area contributed by atoms with Crippen LogP contribution in [0.3, 0.4) is 0 Å². The zero-order chi connectivity index (χ0) is 22.0. The van der Waals surface area contributed by atoms with Gasteiger partial charge in [0.05, 0.1) is 59.2 Å². The lowest BCUT2D eigenvalue weighted by Crippen LogP contribution is -2.33. The third kappa shape index (κ3) is 13.0. The zero-order valence-corrected chi connectivity index (χ0v) is 17.0. The molecule has 0 atom stereocenters. The minimum atomic E-state index is -0.990. The number of amides is 3. The van der Waals surface area contributed by atoms with E-state index in [1.165, 1.54) is 12.2 Å². The average molecular weight is 430 g/mol. The van der Waals surface area contributed by atoms with E-state index in [2.05, 4.69) is 5.32 Å². The van der Waals surface area contributed by atoms with Gasteiger partial charge in [-0.25, -0.2) is 0 Å². The van der Waals surface area contributed by atoms with Crippen molar-refractivity contribution in [2.24, 2.45) is 0 Å². The Balaban J connectivity index is 1.75. The van der Waals surface area contributed by atoms with Crippen molar-refractivity contribution in [1.29, 1.82) is 0 Å². The van der Waals surface area contributed by atoms with E-state index in [4.69, 9.17) is 24.1 Å². The van der Waals surface area contributed by atoms with E-state index in [0.717, 1.165) is 4.90 Å². The second-order valence-electron chi connectivity index (χ2n) is 6.21. The van der Waals surface area contributed by atoms with E-state index >= 15 is 0 Å². The first kappa shape index (κ1) is 25.7. The highest BCUT2D eigenvalue weighted by Crippen LogP contribution is 2.02. The molecule has 1 rings (SSSR count). The number of hydrogen-bond acceptors (Lipinski definition) is 8. The molecule has 0 radical (unpaired) electrons. The van der Waals surface area contributed by atoms with Gasteiger partial charge < -0.3 is 29.4 Å². The summed E-state index contributed by atoms with van der Waals surface area (Å²) in [5.41, 5.74) is 0. The van der Waals surface area contributed by atoms with Crippen LogP contribution in [0, 0.1) is 0 Å². The van der Waals surface area contributed by atoms with Crippen LogP contribution in [0.25, 0.3) is 0 Å². The SMILES string of the molecule is O=C(O)CCC(=O)NCCCOCCOCCOCCOCCN1C(=O)C=CC1=O. The molecule has 1 aliphatic rings. The Morgan fingerprint density at radius 2 is 1.30 bits per heavy atom. The molecule has 0 spiro atoms. The van der Waals surface area contributed by atoms with Crippen LogP contribution in [0.5, 0.6) is 0 Å². The molecule has 30 heavy (non-hydrogen) atoms. The van der Waals surface area contributed by atoms with Gasteiger partial charge in [0.25, 0.3) is 11.8 Å². The van der Waals surface area contributed by atoms with Crippen molar-refractivity contribution in [3.05, 3.63) is 12.2 Å². The fourth-order valence-electron chi connectivity index (χ4n) is 2.28. The van der Waals surface area contributed by atoms with Crippen LogP contribution < -0.4 is 5.32 Å². The van der Waals surface area contributed by atoms with E-state index in [-0.39, 0.29) is 43.7 Å². The number of hydrogen-bond donors (Lipinski definition) is 2. The fourth-order valence-corrected chi connectivity index (χ4v) is 2.28. The number of carbonyl (C=O) groups excluding carboxylic acids is 3. The Labute approximate surface area is 175 Å². The molecule has 0 fully saturated rings. The van der Waals surface area contributed by atoms with Crippen molar-refractivity contribution in [2.75, 3.05) is 65.9 Å². The minimum absolute atomic E-state index is 0.0173. The van der Waals surface area contributed by atoms with Gasteiger partial charge in [0.1, 0.15) is 0 Å². The molecule has 0 unspecified atom stereocenters. The zero-order valence-electron chi connectivity index (χ0n) is 17.0. The van der Waals surface area contributed by atoms with Gasteiger partial charge in [-0.05, 0) is 6.42 Å². The predicted octanol–water partition coefficient (Wildman–Crippen LogP) is -0.651. The van der Waals surface area contributed by atoms with Gasteiger partial charge in [0.15, 0.2) is 0 Å².